The van der Waals surface area contributed by atoms with Crippen molar-refractivity contribution in [3.63, 3.8) is 0 Å². The van der Waals surface area contributed by atoms with Gasteiger partial charge in [0, 0.05) is 18.9 Å². The zero-order chi connectivity index (χ0) is 10.3. The van der Waals surface area contributed by atoms with E-state index in [0.29, 0.717) is 19.4 Å². The van der Waals surface area contributed by atoms with Crippen LogP contribution in [0.1, 0.15) is 26.7 Å². The van der Waals surface area contributed by atoms with Crippen LogP contribution in [0.4, 0.5) is 0 Å². The minimum atomic E-state index is 0.00936. The molecule has 0 spiro atoms. The molecular formula is C10H17NO2. The van der Waals surface area contributed by atoms with Crippen LogP contribution in [0, 0.1) is 5.92 Å². The third-order valence-electron chi connectivity index (χ3n) is 1.65. The van der Waals surface area contributed by atoms with Crippen LogP contribution in [0.2, 0.25) is 0 Å². The lowest BCUT2D eigenvalue weighted by atomic mass is 10.2. The molecule has 0 saturated heterocycles. The SMILES string of the molecule is C=CC(=O)CCCNC(=O)C(C)C. The molecule has 0 rings (SSSR count). The molecule has 0 heterocycles. The van der Waals surface area contributed by atoms with Crippen LogP contribution in [-0.2, 0) is 9.59 Å². The number of hydrogen-bond donors (Lipinski definition) is 1. The monoisotopic (exact) mass is 183 g/mol. The Balaban J connectivity index is 3.41. The lowest BCUT2D eigenvalue weighted by Gasteiger charge is -2.06. The molecule has 0 atom stereocenters. The molecule has 0 saturated carbocycles. The second-order valence-electron chi connectivity index (χ2n) is 3.22. The fourth-order valence-electron chi connectivity index (χ4n) is 0.780. The molecule has 0 bridgehead atoms. The molecule has 0 radical (unpaired) electrons. The highest BCUT2D eigenvalue weighted by molar-refractivity contribution is 5.89. The largest absolute Gasteiger partial charge is 0.356 e. The fourth-order valence-corrected chi connectivity index (χ4v) is 0.780. The summed E-state index contributed by atoms with van der Waals surface area (Å²) in [6, 6.07) is 0. The summed E-state index contributed by atoms with van der Waals surface area (Å²) < 4.78 is 0. The molecule has 0 aliphatic carbocycles. The highest BCUT2D eigenvalue weighted by Crippen LogP contribution is 1.93. The predicted octanol–water partition coefficient (Wildman–Crippen LogP) is 1.29. The van der Waals surface area contributed by atoms with Gasteiger partial charge in [-0.1, -0.05) is 20.4 Å². The second-order valence-corrected chi connectivity index (χ2v) is 3.22. The van der Waals surface area contributed by atoms with E-state index < -0.39 is 0 Å². The van der Waals surface area contributed by atoms with E-state index in [4.69, 9.17) is 0 Å². The number of carbonyl (C=O) groups is 2. The van der Waals surface area contributed by atoms with Crippen LogP contribution in [0.5, 0.6) is 0 Å². The van der Waals surface area contributed by atoms with Gasteiger partial charge in [0.25, 0.3) is 0 Å². The van der Waals surface area contributed by atoms with Crippen LogP contribution < -0.4 is 5.32 Å². The summed E-state index contributed by atoms with van der Waals surface area (Å²) in [4.78, 5) is 21.8. The Labute approximate surface area is 79.2 Å². The quantitative estimate of drug-likeness (QED) is 0.498. The average molecular weight is 183 g/mol. The van der Waals surface area contributed by atoms with Crippen molar-refractivity contribution < 1.29 is 9.59 Å². The number of ketones is 1. The molecule has 0 aromatic rings. The maximum absolute atomic E-state index is 11.0. The molecule has 1 N–H and O–H groups in total. The van der Waals surface area contributed by atoms with Crippen molar-refractivity contribution in [3.05, 3.63) is 12.7 Å². The van der Waals surface area contributed by atoms with Crippen molar-refractivity contribution in [3.8, 4) is 0 Å². The van der Waals surface area contributed by atoms with Crippen molar-refractivity contribution in [1.82, 2.24) is 5.32 Å². The highest BCUT2D eigenvalue weighted by atomic mass is 16.1. The average Bonchev–Trinajstić information content (AvgIpc) is 2.11. The standard InChI is InChI=1S/C10H17NO2/c1-4-9(12)6-5-7-11-10(13)8(2)3/h4,8H,1,5-7H2,2-3H3,(H,11,13). The van der Waals surface area contributed by atoms with E-state index in [1.165, 1.54) is 6.08 Å². The Morgan fingerprint density at radius 1 is 1.46 bits per heavy atom. The minimum Gasteiger partial charge on any atom is -0.356 e. The van der Waals surface area contributed by atoms with Gasteiger partial charge in [-0.25, -0.2) is 0 Å². The number of amides is 1. The Bertz CT molecular complexity index is 197. The Morgan fingerprint density at radius 2 is 2.08 bits per heavy atom. The predicted molar refractivity (Wildman–Crippen MR) is 52.3 cm³/mol. The summed E-state index contributed by atoms with van der Waals surface area (Å²) in [7, 11) is 0. The molecule has 0 aromatic carbocycles. The molecule has 0 fully saturated rings. The zero-order valence-electron chi connectivity index (χ0n) is 8.30. The van der Waals surface area contributed by atoms with Gasteiger partial charge < -0.3 is 5.32 Å². The van der Waals surface area contributed by atoms with E-state index >= 15 is 0 Å². The van der Waals surface area contributed by atoms with Gasteiger partial charge in [-0.2, -0.15) is 0 Å². The van der Waals surface area contributed by atoms with E-state index in [1.807, 2.05) is 13.8 Å². The first kappa shape index (κ1) is 11.9. The molecule has 0 unspecified atom stereocenters. The van der Waals surface area contributed by atoms with E-state index in [0.717, 1.165) is 0 Å². The van der Waals surface area contributed by atoms with Crippen LogP contribution >= 0.6 is 0 Å². The van der Waals surface area contributed by atoms with Crippen molar-refractivity contribution in [2.45, 2.75) is 26.7 Å². The smallest absolute Gasteiger partial charge is 0.222 e. The van der Waals surface area contributed by atoms with E-state index in [-0.39, 0.29) is 17.6 Å². The van der Waals surface area contributed by atoms with Gasteiger partial charge in [0.15, 0.2) is 5.78 Å². The van der Waals surface area contributed by atoms with E-state index in [9.17, 15) is 9.59 Å². The topological polar surface area (TPSA) is 46.2 Å². The summed E-state index contributed by atoms with van der Waals surface area (Å²) >= 11 is 0. The summed E-state index contributed by atoms with van der Waals surface area (Å²) in [5.74, 6) is 0.0694. The van der Waals surface area contributed by atoms with Crippen LogP contribution in [0.25, 0.3) is 0 Å². The highest BCUT2D eigenvalue weighted by Gasteiger charge is 2.04. The first-order valence-corrected chi connectivity index (χ1v) is 4.51. The van der Waals surface area contributed by atoms with Gasteiger partial charge in [0.05, 0.1) is 0 Å². The number of hydrogen-bond acceptors (Lipinski definition) is 2. The van der Waals surface area contributed by atoms with Gasteiger partial charge in [0.1, 0.15) is 0 Å². The molecule has 1 amide bonds. The molecule has 0 aromatic heterocycles. The maximum Gasteiger partial charge on any atom is 0.222 e. The first-order valence-electron chi connectivity index (χ1n) is 4.51. The van der Waals surface area contributed by atoms with E-state index in [2.05, 4.69) is 11.9 Å². The van der Waals surface area contributed by atoms with Crippen molar-refractivity contribution in [1.29, 1.82) is 0 Å². The Hall–Kier alpha value is -1.12. The van der Waals surface area contributed by atoms with Crippen molar-refractivity contribution in [2.24, 2.45) is 5.92 Å². The van der Waals surface area contributed by atoms with Crippen LogP contribution in [0.15, 0.2) is 12.7 Å². The van der Waals surface area contributed by atoms with Crippen LogP contribution in [-0.4, -0.2) is 18.2 Å². The van der Waals surface area contributed by atoms with Gasteiger partial charge in [-0.05, 0) is 12.5 Å². The van der Waals surface area contributed by atoms with Gasteiger partial charge in [0.2, 0.25) is 5.91 Å². The normalized spacial score (nSPS) is 9.77. The lowest BCUT2D eigenvalue weighted by Crippen LogP contribution is -2.28. The molecule has 74 valence electrons. The molecule has 0 aliphatic heterocycles. The second kappa shape index (κ2) is 6.40. The fraction of sp³-hybridized carbons (Fsp3) is 0.600. The van der Waals surface area contributed by atoms with Gasteiger partial charge >= 0.3 is 0 Å². The summed E-state index contributed by atoms with van der Waals surface area (Å²) in [5.41, 5.74) is 0. The Kier molecular flexibility index (Phi) is 5.85. The van der Waals surface area contributed by atoms with Crippen molar-refractivity contribution in [2.75, 3.05) is 6.54 Å². The summed E-state index contributed by atoms with van der Waals surface area (Å²) in [6.45, 7) is 7.61. The van der Waals surface area contributed by atoms with Gasteiger partial charge in [-0.3, -0.25) is 9.59 Å². The first-order chi connectivity index (χ1) is 6.07. The lowest BCUT2D eigenvalue weighted by molar-refractivity contribution is -0.124. The third kappa shape index (κ3) is 6.08. The van der Waals surface area contributed by atoms with Gasteiger partial charge in [-0.15, -0.1) is 0 Å². The molecule has 3 nitrogen and oxygen atoms in total. The maximum atomic E-state index is 11.0. The zero-order valence-corrected chi connectivity index (χ0v) is 8.30. The minimum absolute atomic E-state index is 0.00936. The summed E-state index contributed by atoms with van der Waals surface area (Å²) in [6.07, 6.45) is 2.45. The number of allylic oxidation sites excluding steroid dienone is 1. The number of rotatable bonds is 6. The van der Waals surface area contributed by atoms with Crippen LogP contribution in [0.3, 0.4) is 0 Å². The van der Waals surface area contributed by atoms with E-state index in [1.54, 1.807) is 0 Å². The third-order valence-corrected chi connectivity index (χ3v) is 1.65. The number of carbonyl (C=O) groups excluding carboxylic acids is 2. The molecule has 3 heteroatoms. The Morgan fingerprint density at radius 3 is 2.54 bits per heavy atom. The summed E-state index contributed by atoms with van der Waals surface area (Å²) in [5, 5.41) is 2.74. The molecule has 13 heavy (non-hydrogen) atoms. The molecule has 0 aliphatic rings. The van der Waals surface area contributed by atoms with Crippen molar-refractivity contribution >= 4 is 11.7 Å². The molecular weight excluding hydrogens is 166 g/mol. The number of nitrogens with one attached hydrogen (secondary N) is 1.